The number of anilines is 2. The molecular weight excluding hydrogens is 324 g/mol. The minimum absolute atomic E-state index is 0.233. The van der Waals surface area contributed by atoms with E-state index >= 15 is 0 Å². The van der Waals surface area contributed by atoms with Gasteiger partial charge in [0.05, 0.1) is 5.75 Å². The number of nitrogens with zero attached hydrogens (tertiary/aromatic N) is 6. The fourth-order valence-corrected chi connectivity index (χ4v) is 3.59. The van der Waals surface area contributed by atoms with Gasteiger partial charge in [-0.25, -0.2) is 4.98 Å². The standard InChI is InChI=1S/C15H24N8S/c1-23(2)14-18-12(17-13(16)20-14)9-24-15-19-11(21-22-15)8-7-10-5-3-4-6-10/h10H,3-9H2,1-2H3,(H,19,21,22)(H2,16,17,18,20). The van der Waals surface area contributed by atoms with Crippen molar-refractivity contribution in [3.8, 4) is 0 Å². The van der Waals surface area contributed by atoms with E-state index in [4.69, 9.17) is 5.73 Å². The topological polar surface area (TPSA) is 110 Å². The Kier molecular flexibility index (Phi) is 5.49. The van der Waals surface area contributed by atoms with E-state index < -0.39 is 0 Å². The van der Waals surface area contributed by atoms with E-state index in [1.165, 1.54) is 43.9 Å². The molecule has 2 aromatic heterocycles. The molecule has 0 bridgehead atoms. The SMILES string of the molecule is CN(C)c1nc(N)nc(CSc2n[nH]c(CCC3CCCC3)n2)n1. The summed E-state index contributed by atoms with van der Waals surface area (Å²) in [6, 6.07) is 0. The zero-order chi connectivity index (χ0) is 16.9. The number of hydrogen-bond acceptors (Lipinski definition) is 8. The molecule has 0 aromatic carbocycles. The summed E-state index contributed by atoms with van der Waals surface area (Å²) in [4.78, 5) is 19.0. The maximum absolute atomic E-state index is 5.73. The molecule has 0 saturated heterocycles. The normalized spacial score (nSPS) is 15.1. The van der Waals surface area contributed by atoms with Crippen LogP contribution in [-0.2, 0) is 12.2 Å². The van der Waals surface area contributed by atoms with Crippen molar-refractivity contribution in [2.24, 2.45) is 5.92 Å². The Morgan fingerprint density at radius 2 is 1.96 bits per heavy atom. The van der Waals surface area contributed by atoms with Crippen LogP contribution in [0.1, 0.15) is 43.8 Å². The number of nitrogens with one attached hydrogen (secondary N) is 1. The van der Waals surface area contributed by atoms with E-state index in [1.807, 2.05) is 14.1 Å². The predicted octanol–water partition coefficient (Wildman–Crippen LogP) is 2.05. The number of rotatable bonds is 7. The highest BCUT2D eigenvalue weighted by molar-refractivity contribution is 7.98. The average Bonchev–Trinajstić information content (AvgIpc) is 3.22. The van der Waals surface area contributed by atoms with E-state index in [0.717, 1.165) is 23.3 Å². The maximum atomic E-state index is 5.73. The number of aromatic amines is 1. The second-order valence-electron chi connectivity index (χ2n) is 6.35. The summed E-state index contributed by atoms with van der Waals surface area (Å²) in [6.45, 7) is 0. The van der Waals surface area contributed by atoms with Crippen molar-refractivity contribution >= 4 is 23.7 Å². The monoisotopic (exact) mass is 348 g/mol. The van der Waals surface area contributed by atoms with Gasteiger partial charge in [-0.2, -0.15) is 15.0 Å². The van der Waals surface area contributed by atoms with Gasteiger partial charge in [-0.1, -0.05) is 37.4 Å². The molecule has 0 amide bonds. The number of thioether (sulfide) groups is 1. The highest BCUT2D eigenvalue weighted by atomic mass is 32.2. The Balaban J connectivity index is 1.53. The van der Waals surface area contributed by atoms with Crippen LogP contribution in [0.4, 0.5) is 11.9 Å². The molecule has 0 radical (unpaired) electrons. The fraction of sp³-hybridized carbons (Fsp3) is 0.667. The zero-order valence-corrected chi connectivity index (χ0v) is 15.0. The third-order valence-corrected chi connectivity index (χ3v) is 5.04. The second-order valence-corrected chi connectivity index (χ2v) is 7.29. The van der Waals surface area contributed by atoms with Crippen LogP contribution in [0.25, 0.3) is 0 Å². The molecule has 1 fully saturated rings. The summed E-state index contributed by atoms with van der Waals surface area (Å²) in [5.74, 6) is 3.82. The number of aromatic nitrogens is 6. The summed E-state index contributed by atoms with van der Waals surface area (Å²) in [5.41, 5.74) is 5.73. The molecule has 130 valence electrons. The molecule has 1 saturated carbocycles. The van der Waals surface area contributed by atoms with Gasteiger partial charge >= 0.3 is 0 Å². The number of nitrogen functional groups attached to an aromatic ring is 1. The van der Waals surface area contributed by atoms with Gasteiger partial charge in [0.1, 0.15) is 11.6 Å². The van der Waals surface area contributed by atoms with Gasteiger partial charge in [-0.15, -0.1) is 5.10 Å². The van der Waals surface area contributed by atoms with Gasteiger partial charge in [0.25, 0.3) is 0 Å². The quantitative estimate of drug-likeness (QED) is 0.732. The summed E-state index contributed by atoms with van der Waals surface area (Å²) in [7, 11) is 3.75. The molecule has 0 spiro atoms. The second kappa shape index (κ2) is 7.78. The van der Waals surface area contributed by atoms with Crippen molar-refractivity contribution < 1.29 is 0 Å². The first-order chi connectivity index (χ1) is 11.6. The van der Waals surface area contributed by atoms with Gasteiger partial charge in [-0.05, 0) is 12.3 Å². The molecule has 1 aliphatic carbocycles. The number of H-pyrrole nitrogens is 1. The zero-order valence-electron chi connectivity index (χ0n) is 14.2. The molecule has 8 nitrogen and oxygen atoms in total. The van der Waals surface area contributed by atoms with Gasteiger partial charge < -0.3 is 10.6 Å². The molecular formula is C15H24N8S. The first kappa shape index (κ1) is 16.9. The van der Waals surface area contributed by atoms with Crippen LogP contribution in [-0.4, -0.2) is 44.2 Å². The number of aryl methyl sites for hydroxylation is 1. The minimum atomic E-state index is 0.233. The minimum Gasteiger partial charge on any atom is -0.368 e. The Labute approximate surface area is 146 Å². The van der Waals surface area contributed by atoms with Crippen molar-refractivity contribution in [3.05, 3.63) is 11.6 Å². The van der Waals surface area contributed by atoms with E-state index in [0.29, 0.717) is 17.5 Å². The van der Waals surface area contributed by atoms with Crippen molar-refractivity contribution in [1.82, 2.24) is 30.1 Å². The molecule has 2 aromatic rings. The third-order valence-electron chi connectivity index (χ3n) is 4.19. The van der Waals surface area contributed by atoms with Crippen LogP contribution in [0.5, 0.6) is 0 Å². The lowest BCUT2D eigenvalue weighted by atomic mass is 10.0. The van der Waals surface area contributed by atoms with Crippen molar-refractivity contribution in [3.63, 3.8) is 0 Å². The Bertz CT molecular complexity index is 665. The third kappa shape index (κ3) is 4.56. The van der Waals surface area contributed by atoms with Crippen LogP contribution in [0.2, 0.25) is 0 Å². The Morgan fingerprint density at radius 1 is 1.17 bits per heavy atom. The molecule has 0 unspecified atom stereocenters. The largest absolute Gasteiger partial charge is 0.368 e. The fourth-order valence-electron chi connectivity index (χ4n) is 2.91. The van der Waals surface area contributed by atoms with Crippen LogP contribution < -0.4 is 10.6 Å². The van der Waals surface area contributed by atoms with E-state index in [2.05, 4.69) is 30.1 Å². The van der Waals surface area contributed by atoms with Gasteiger partial charge in [0.2, 0.25) is 17.1 Å². The molecule has 0 atom stereocenters. The van der Waals surface area contributed by atoms with E-state index in [1.54, 1.807) is 4.90 Å². The molecule has 24 heavy (non-hydrogen) atoms. The number of hydrogen-bond donors (Lipinski definition) is 2. The number of nitrogens with two attached hydrogens (primary N) is 1. The van der Waals surface area contributed by atoms with Crippen LogP contribution in [0, 0.1) is 5.92 Å². The van der Waals surface area contributed by atoms with E-state index in [-0.39, 0.29) is 5.95 Å². The molecule has 9 heteroatoms. The summed E-state index contributed by atoms with van der Waals surface area (Å²) < 4.78 is 0. The molecule has 2 heterocycles. The molecule has 3 N–H and O–H groups in total. The maximum Gasteiger partial charge on any atom is 0.229 e. The summed E-state index contributed by atoms with van der Waals surface area (Å²) in [5, 5.41) is 8.03. The van der Waals surface area contributed by atoms with Crippen molar-refractivity contribution in [1.29, 1.82) is 0 Å². The average molecular weight is 348 g/mol. The highest BCUT2D eigenvalue weighted by Crippen LogP contribution is 2.28. The Morgan fingerprint density at radius 3 is 2.71 bits per heavy atom. The molecule has 0 aliphatic heterocycles. The lowest BCUT2D eigenvalue weighted by Gasteiger charge is -2.10. The van der Waals surface area contributed by atoms with Gasteiger partial charge in [-0.3, -0.25) is 5.10 Å². The predicted molar refractivity (Wildman–Crippen MR) is 94.8 cm³/mol. The summed E-state index contributed by atoms with van der Waals surface area (Å²) in [6.07, 6.45) is 7.67. The highest BCUT2D eigenvalue weighted by Gasteiger charge is 2.16. The lowest BCUT2D eigenvalue weighted by Crippen LogP contribution is -2.15. The van der Waals surface area contributed by atoms with Crippen LogP contribution >= 0.6 is 11.8 Å². The first-order valence-electron chi connectivity index (χ1n) is 8.32. The summed E-state index contributed by atoms with van der Waals surface area (Å²) >= 11 is 1.50. The van der Waals surface area contributed by atoms with Crippen LogP contribution in [0.15, 0.2) is 5.16 Å². The first-order valence-corrected chi connectivity index (χ1v) is 9.30. The van der Waals surface area contributed by atoms with Crippen LogP contribution in [0.3, 0.4) is 0 Å². The van der Waals surface area contributed by atoms with Gasteiger partial charge in [0.15, 0.2) is 0 Å². The van der Waals surface area contributed by atoms with E-state index in [9.17, 15) is 0 Å². The Hall–Kier alpha value is -1.90. The smallest absolute Gasteiger partial charge is 0.229 e. The lowest BCUT2D eigenvalue weighted by molar-refractivity contribution is 0.497. The van der Waals surface area contributed by atoms with Crippen molar-refractivity contribution in [2.45, 2.75) is 49.4 Å². The molecule has 3 rings (SSSR count). The van der Waals surface area contributed by atoms with Gasteiger partial charge in [0, 0.05) is 20.5 Å². The van der Waals surface area contributed by atoms with Crippen molar-refractivity contribution in [2.75, 3.05) is 24.7 Å². The molecule has 1 aliphatic rings.